The third-order valence-electron chi connectivity index (χ3n) is 2.01. The van der Waals surface area contributed by atoms with Gasteiger partial charge in [0.15, 0.2) is 0 Å². The van der Waals surface area contributed by atoms with E-state index in [1.165, 1.54) is 0 Å². The molecule has 0 saturated carbocycles. The summed E-state index contributed by atoms with van der Waals surface area (Å²) in [5, 5.41) is 0.656. The van der Waals surface area contributed by atoms with Gasteiger partial charge in [-0.25, -0.2) is 0 Å². The average molecular weight is 214 g/mol. The van der Waals surface area contributed by atoms with Crippen molar-refractivity contribution in [3.05, 3.63) is 28.3 Å². The van der Waals surface area contributed by atoms with Crippen LogP contribution in [0.15, 0.2) is 12.1 Å². The predicted molar refractivity (Wildman–Crippen MR) is 60.1 cm³/mol. The van der Waals surface area contributed by atoms with Crippen LogP contribution >= 0.6 is 11.6 Å². The Morgan fingerprint density at radius 2 is 2.14 bits per heavy atom. The van der Waals surface area contributed by atoms with Gasteiger partial charge in [-0.1, -0.05) is 17.7 Å². The summed E-state index contributed by atoms with van der Waals surface area (Å²) >= 11 is 6.05. The molecule has 0 aliphatic rings. The van der Waals surface area contributed by atoms with Crippen LogP contribution in [0, 0.1) is 6.92 Å². The average Bonchev–Trinajstić information content (AvgIpc) is 2.01. The van der Waals surface area contributed by atoms with E-state index in [0.29, 0.717) is 5.02 Å². The zero-order chi connectivity index (χ0) is 10.7. The van der Waals surface area contributed by atoms with Crippen molar-refractivity contribution < 1.29 is 4.74 Å². The van der Waals surface area contributed by atoms with Crippen LogP contribution in [-0.2, 0) is 6.42 Å². The monoisotopic (exact) mass is 213 g/mol. The number of hydrogen-bond donors (Lipinski definition) is 1. The molecule has 1 aromatic carbocycles. The van der Waals surface area contributed by atoms with Crippen LogP contribution < -0.4 is 10.5 Å². The van der Waals surface area contributed by atoms with Crippen molar-refractivity contribution in [2.45, 2.75) is 26.3 Å². The maximum atomic E-state index is 6.05. The summed E-state index contributed by atoms with van der Waals surface area (Å²) in [7, 11) is 1.63. The maximum absolute atomic E-state index is 6.05. The number of nitrogens with two attached hydrogens (primary N) is 1. The number of hydrogen-bond acceptors (Lipinski definition) is 2. The van der Waals surface area contributed by atoms with Gasteiger partial charge >= 0.3 is 0 Å². The number of aryl methyl sites for hydroxylation is 1. The summed E-state index contributed by atoms with van der Waals surface area (Å²) < 4.78 is 5.24. The zero-order valence-corrected chi connectivity index (χ0v) is 9.56. The molecule has 0 aliphatic carbocycles. The lowest BCUT2D eigenvalue weighted by molar-refractivity contribution is 0.408. The molecule has 0 amide bonds. The Hall–Kier alpha value is -0.730. The minimum Gasteiger partial charge on any atom is -0.495 e. The van der Waals surface area contributed by atoms with Crippen LogP contribution in [0.3, 0.4) is 0 Å². The molecular weight excluding hydrogens is 198 g/mol. The molecule has 1 atom stereocenters. The molecule has 1 unspecified atom stereocenters. The quantitative estimate of drug-likeness (QED) is 0.838. The van der Waals surface area contributed by atoms with Crippen LogP contribution in [0.2, 0.25) is 5.02 Å². The van der Waals surface area contributed by atoms with Crippen molar-refractivity contribution in [3.8, 4) is 5.75 Å². The first-order valence-electron chi connectivity index (χ1n) is 4.63. The summed E-state index contributed by atoms with van der Waals surface area (Å²) in [6.07, 6.45) is 0.782. The first-order chi connectivity index (χ1) is 6.54. The second-order valence-corrected chi connectivity index (χ2v) is 4.03. The highest BCUT2D eigenvalue weighted by molar-refractivity contribution is 6.32. The predicted octanol–water partition coefficient (Wildman–Crippen LogP) is 2.55. The van der Waals surface area contributed by atoms with E-state index >= 15 is 0 Å². The van der Waals surface area contributed by atoms with E-state index < -0.39 is 0 Å². The number of ether oxygens (including phenoxy) is 1. The van der Waals surface area contributed by atoms with E-state index in [-0.39, 0.29) is 6.04 Å². The van der Waals surface area contributed by atoms with Gasteiger partial charge in [-0.15, -0.1) is 0 Å². The molecule has 0 fully saturated rings. The second kappa shape index (κ2) is 4.67. The smallest absolute Gasteiger partial charge is 0.140 e. The van der Waals surface area contributed by atoms with Crippen LogP contribution in [0.4, 0.5) is 0 Å². The van der Waals surface area contributed by atoms with Gasteiger partial charge in [0.25, 0.3) is 0 Å². The second-order valence-electron chi connectivity index (χ2n) is 3.62. The third kappa shape index (κ3) is 2.63. The summed E-state index contributed by atoms with van der Waals surface area (Å²) in [6, 6.07) is 4.07. The molecule has 0 aliphatic heterocycles. The molecule has 0 radical (unpaired) electrons. The van der Waals surface area contributed by atoms with Crippen molar-refractivity contribution in [3.63, 3.8) is 0 Å². The molecular formula is C11H16ClNO. The molecule has 0 heterocycles. The van der Waals surface area contributed by atoms with Crippen LogP contribution in [0.1, 0.15) is 18.1 Å². The van der Waals surface area contributed by atoms with Gasteiger partial charge in [0.1, 0.15) is 5.75 Å². The first kappa shape index (κ1) is 11.3. The molecule has 78 valence electrons. The highest BCUT2D eigenvalue weighted by Gasteiger charge is 2.10. The molecule has 0 aromatic heterocycles. The Morgan fingerprint density at radius 1 is 1.50 bits per heavy atom. The van der Waals surface area contributed by atoms with E-state index in [1.807, 2.05) is 19.9 Å². The molecule has 3 heteroatoms. The summed E-state index contributed by atoms with van der Waals surface area (Å²) in [6.45, 7) is 3.98. The maximum Gasteiger partial charge on any atom is 0.140 e. The van der Waals surface area contributed by atoms with Gasteiger partial charge in [0.05, 0.1) is 12.1 Å². The van der Waals surface area contributed by atoms with E-state index in [9.17, 15) is 0 Å². The van der Waals surface area contributed by atoms with Crippen LogP contribution in [-0.4, -0.2) is 13.2 Å². The van der Waals surface area contributed by atoms with Crippen LogP contribution in [0.5, 0.6) is 5.75 Å². The van der Waals surface area contributed by atoms with E-state index in [2.05, 4.69) is 6.07 Å². The largest absolute Gasteiger partial charge is 0.495 e. The third-order valence-corrected chi connectivity index (χ3v) is 2.29. The Morgan fingerprint density at radius 3 is 2.64 bits per heavy atom. The Labute approximate surface area is 90.0 Å². The summed E-state index contributed by atoms with van der Waals surface area (Å²) in [4.78, 5) is 0. The lowest BCUT2D eigenvalue weighted by Gasteiger charge is -2.13. The Bertz CT molecular complexity index is 323. The Kier molecular flexibility index (Phi) is 3.78. The first-order valence-corrected chi connectivity index (χ1v) is 5.01. The fourth-order valence-electron chi connectivity index (χ4n) is 1.53. The van der Waals surface area contributed by atoms with Gasteiger partial charge in [0.2, 0.25) is 0 Å². The van der Waals surface area contributed by atoms with Crippen LogP contribution in [0.25, 0.3) is 0 Å². The topological polar surface area (TPSA) is 35.2 Å². The van der Waals surface area contributed by atoms with Gasteiger partial charge in [0, 0.05) is 6.04 Å². The normalized spacial score (nSPS) is 12.6. The molecule has 14 heavy (non-hydrogen) atoms. The molecule has 0 saturated heterocycles. The number of benzene rings is 1. The molecule has 1 rings (SSSR count). The van der Waals surface area contributed by atoms with Gasteiger partial charge in [-0.3, -0.25) is 0 Å². The number of halogens is 1. The highest BCUT2D eigenvalue weighted by Crippen LogP contribution is 2.30. The van der Waals surface area contributed by atoms with Gasteiger partial charge in [-0.2, -0.15) is 0 Å². The van der Waals surface area contributed by atoms with Crippen molar-refractivity contribution in [1.29, 1.82) is 0 Å². The SMILES string of the molecule is COc1c(Cl)cc(C)cc1CC(C)N. The fourth-order valence-corrected chi connectivity index (χ4v) is 1.90. The molecule has 2 nitrogen and oxygen atoms in total. The minimum atomic E-state index is 0.113. The van der Waals surface area contributed by atoms with Crippen molar-refractivity contribution in [1.82, 2.24) is 0 Å². The standard InChI is InChI=1S/C11H16ClNO/c1-7-4-9(6-8(2)13)11(14-3)10(12)5-7/h4-5,8H,6,13H2,1-3H3. The molecule has 2 N–H and O–H groups in total. The van der Waals surface area contributed by atoms with Crippen molar-refractivity contribution in [2.24, 2.45) is 5.73 Å². The van der Waals surface area contributed by atoms with E-state index in [1.54, 1.807) is 7.11 Å². The lowest BCUT2D eigenvalue weighted by Crippen LogP contribution is -2.18. The number of rotatable bonds is 3. The molecule has 0 bridgehead atoms. The number of methoxy groups -OCH3 is 1. The Balaban J connectivity index is 3.11. The fraction of sp³-hybridized carbons (Fsp3) is 0.455. The van der Waals surface area contributed by atoms with E-state index in [4.69, 9.17) is 22.1 Å². The van der Waals surface area contributed by atoms with Gasteiger partial charge in [-0.05, 0) is 37.5 Å². The zero-order valence-electron chi connectivity index (χ0n) is 8.80. The molecule has 0 spiro atoms. The summed E-state index contributed by atoms with van der Waals surface area (Å²) in [5.41, 5.74) is 7.96. The van der Waals surface area contributed by atoms with Crippen molar-refractivity contribution in [2.75, 3.05) is 7.11 Å². The summed E-state index contributed by atoms with van der Waals surface area (Å²) in [5.74, 6) is 0.745. The van der Waals surface area contributed by atoms with Crippen molar-refractivity contribution >= 4 is 11.6 Å². The lowest BCUT2D eigenvalue weighted by atomic mass is 10.0. The minimum absolute atomic E-state index is 0.113. The van der Waals surface area contributed by atoms with Gasteiger partial charge < -0.3 is 10.5 Å². The van der Waals surface area contributed by atoms with E-state index in [0.717, 1.165) is 23.3 Å². The molecule has 1 aromatic rings. The highest BCUT2D eigenvalue weighted by atomic mass is 35.5.